The summed E-state index contributed by atoms with van der Waals surface area (Å²) >= 11 is 0. The summed E-state index contributed by atoms with van der Waals surface area (Å²) in [5.41, 5.74) is 0. The Morgan fingerprint density at radius 2 is 2.00 bits per heavy atom. The van der Waals surface area contributed by atoms with E-state index in [4.69, 9.17) is 9.47 Å². The summed E-state index contributed by atoms with van der Waals surface area (Å²) in [6.07, 6.45) is -4.73. The Balaban J connectivity index is 1.95. The fraction of sp³-hybridized carbons (Fsp3) is 0.500. The van der Waals surface area contributed by atoms with Gasteiger partial charge in [0.15, 0.2) is 11.5 Å². The Hall–Kier alpha value is -1.47. The van der Waals surface area contributed by atoms with Crippen molar-refractivity contribution in [2.45, 2.75) is 12.4 Å². The predicted molar refractivity (Wildman–Crippen MR) is 61.2 cm³/mol. The monoisotopic (exact) mass is 277 g/mol. The van der Waals surface area contributed by atoms with E-state index < -0.39 is 6.36 Å². The lowest BCUT2D eigenvalue weighted by atomic mass is 10.3. The molecule has 0 unspecified atom stereocenters. The molecule has 0 aliphatic carbocycles. The number of benzene rings is 1. The van der Waals surface area contributed by atoms with Crippen LogP contribution >= 0.6 is 0 Å². The molecule has 1 heterocycles. The molecule has 0 spiro atoms. The molecule has 2 rings (SSSR count). The first-order valence-corrected chi connectivity index (χ1v) is 5.83. The van der Waals surface area contributed by atoms with E-state index in [1.807, 2.05) is 0 Å². The van der Waals surface area contributed by atoms with Gasteiger partial charge in [-0.15, -0.1) is 13.2 Å². The summed E-state index contributed by atoms with van der Waals surface area (Å²) in [6.45, 7) is 2.03. The lowest BCUT2D eigenvalue weighted by Crippen LogP contribution is -2.44. The second-order valence-corrected chi connectivity index (χ2v) is 4.03. The van der Waals surface area contributed by atoms with Gasteiger partial charge in [0.2, 0.25) is 0 Å². The second kappa shape index (κ2) is 6.12. The third-order valence-corrected chi connectivity index (χ3v) is 2.51. The second-order valence-electron chi connectivity index (χ2n) is 4.03. The summed E-state index contributed by atoms with van der Waals surface area (Å²) < 4.78 is 51.1. The molecule has 1 N–H and O–H groups in total. The van der Waals surface area contributed by atoms with E-state index in [-0.39, 0.29) is 24.1 Å². The Labute approximate surface area is 108 Å². The van der Waals surface area contributed by atoms with Crippen LogP contribution in [0.4, 0.5) is 13.2 Å². The summed E-state index contributed by atoms with van der Waals surface area (Å²) in [7, 11) is 0. The Bertz CT molecular complexity index is 405. The number of halogens is 3. The zero-order valence-electron chi connectivity index (χ0n) is 10.1. The van der Waals surface area contributed by atoms with Crippen molar-refractivity contribution in [3.63, 3.8) is 0 Å². The maximum absolute atomic E-state index is 12.2. The van der Waals surface area contributed by atoms with Crippen molar-refractivity contribution in [2.75, 3.05) is 26.4 Å². The Morgan fingerprint density at radius 1 is 1.26 bits per heavy atom. The molecular formula is C12H14F3NO3. The third-order valence-electron chi connectivity index (χ3n) is 2.51. The lowest BCUT2D eigenvalue weighted by Gasteiger charge is -2.24. The van der Waals surface area contributed by atoms with Gasteiger partial charge in [-0.05, 0) is 12.1 Å². The normalized spacial score (nSPS) is 20.1. The number of hydrogen-bond donors (Lipinski definition) is 1. The van der Waals surface area contributed by atoms with Crippen molar-refractivity contribution < 1.29 is 27.4 Å². The minimum atomic E-state index is -4.73. The van der Waals surface area contributed by atoms with E-state index in [1.165, 1.54) is 18.2 Å². The highest BCUT2D eigenvalue weighted by Crippen LogP contribution is 2.31. The van der Waals surface area contributed by atoms with E-state index in [1.54, 1.807) is 6.07 Å². The average molecular weight is 277 g/mol. The van der Waals surface area contributed by atoms with Crippen molar-refractivity contribution in [1.29, 1.82) is 0 Å². The number of rotatable bonds is 4. The first-order valence-electron chi connectivity index (χ1n) is 5.83. The maximum atomic E-state index is 12.2. The fourth-order valence-electron chi connectivity index (χ4n) is 1.70. The molecule has 4 nitrogen and oxygen atoms in total. The Morgan fingerprint density at radius 3 is 2.63 bits per heavy atom. The highest BCUT2D eigenvalue weighted by Gasteiger charge is 2.32. The van der Waals surface area contributed by atoms with Gasteiger partial charge in [-0.25, -0.2) is 0 Å². The third kappa shape index (κ3) is 4.60. The van der Waals surface area contributed by atoms with Gasteiger partial charge in [0.25, 0.3) is 0 Å². The van der Waals surface area contributed by atoms with Crippen LogP contribution in [0.1, 0.15) is 0 Å². The molecule has 1 aromatic carbocycles. The SMILES string of the molecule is FC(F)(F)Oc1ccccc1OC[C@@H]1COCCN1. The van der Waals surface area contributed by atoms with Gasteiger partial charge in [-0.3, -0.25) is 0 Å². The van der Waals surface area contributed by atoms with Crippen LogP contribution in [0.5, 0.6) is 11.5 Å². The number of ether oxygens (including phenoxy) is 3. The maximum Gasteiger partial charge on any atom is 0.573 e. The van der Waals surface area contributed by atoms with Crippen LogP contribution < -0.4 is 14.8 Å². The standard InChI is InChI=1S/C12H14F3NO3/c13-12(14,15)19-11-4-2-1-3-10(11)18-8-9-7-17-6-5-16-9/h1-4,9,16H,5-8H2/t9-/m0/s1. The zero-order valence-corrected chi connectivity index (χ0v) is 10.1. The summed E-state index contributed by atoms with van der Waals surface area (Å²) in [5.74, 6) is -0.279. The van der Waals surface area contributed by atoms with Crippen molar-refractivity contribution >= 4 is 0 Å². The number of nitrogens with one attached hydrogen (secondary N) is 1. The Kier molecular flexibility index (Phi) is 4.49. The molecule has 1 fully saturated rings. The van der Waals surface area contributed by atoms with Crippen LogP contribution in [-0.2, 0) is 4.74 Å². The smallest absolute Gasteiger partial charge is 0.488 e. The van der Waals surface area contributed by atoms with Crippen molar-refractivity contribution in [3.05, 3.63) is 24.3 Å². The van der Waals surface area contributed by atoms with Crippen molar-refractivity contribution in [1.82, 2.24) is 5.32 Å². The summed E-state index contributed by atoms with van der Waals surface area (Å²) in [6, 6.07) is 5.66. The molecule has 0 radical (unpaired) electrons. The first kappa shape index (κ1) is 14.0. The predicted octanol–water partition coefficient (Wildman–Crippen LogP) is 1.95. The molecule has 0 saturated carbocycles. The fourth-order valence-corrected chi connectivity index (χ4v) is 1.70. The first-order chi connectivity index (χ1) is 9.04. The topological polar surface area (TPSA) is 39.7 Å². The molecule has 19 heavy (non-hydrogen) atoms. The molecule has 0 aromatic heterocycles. The average Bonchev–Trinajstić information content (AvgIpc) is 2.37. The van der Waals surface area contributed by atoms with E-state index in [0.717, 1.165) is 0 Å². The van der Waals surface area contributed by atoms with Gasteiger partial charge in [-0.1, -0.05) is 12.1 Å². The van der Waals surface area contributed by atoms with Gasteiger partial charge in [0, 0.05) is 6.54 Å². The van der Waals surface area contributed by atoms with Crippen LogP contribution in [-0.4, -0.2) is 38.8 Å². The minimum absolute atomic E-state index is 0.0345. The summed E-state index contributed by atoms with van der Waals surface area (Å²) in [5, 5.41) is 3.14. The number of morpholine rings is 1. The van der Waals surface area contributed by atoms with Crippen LogP contribution in [0.2, 0.25) is 0 Å². The molecule has 1 aliphatic heterocycles. The largest absolute Gasteiger partial charge is 0.573 e. The van der Waals surface area contributed by atoms with E-state index in [9.17, 15) is 13.2 Å². The van der Waals surface area contributed by atoms with Gasteiger partial charge in [-0.2, -0.15) is 0 Å². The number of alkyl halides is 3. The molecule has 1 saturated heterocycles. The molecule has 1 aromatic rings. The van der Waals surface area contributed by atoms with Crippen LogP contribution in [0.3, 0.4) is 0 Å². The minimum Gasteiger partial charge on any atom is -0.488 e. The highest BCUT2D eigenvalue weighted by molar-refractivity contribution is 5.39. The molecule has 7 heteroatoms. The van der Waals surface area contributed by atoms with Crippen LogP contribution in [0.15, 0.2) is 24.3 Å². The van der Waals surface area contributed by atoms with Crippen molar-refractivity contribution in [3.8, 4) is 11.5 Å². The van der Waals surface area contributed by atoms with Gasteiger partial charge < -0.3 is 19.5 Å². The molecule has 0 bridgehead atoms. The highest BCUT2D eigenvalue weighted by atomic mass is 19.4. The molecule has 0 amide bonds. The quantitative estimate of drug-likeness (QED) is 0.913. The number of hydrogen-bond acceptors (Lipinski definition) is 4. The molecule has 1 atom stereocenters. The van der Waals surface area contributed by atoms with Gasteiger partial charge >= 0.3 is 6.36 Å². The van der Waals surface area contributed by atoms with Crippen LogP contribution in [0.25, 0.3) is 0 Å². The van der Waals surface area contributed by atoms with E-state index in [2.05, 4.69) is 10.1 Å². The number of para-hydroxylation sites is 2. The van der Waals surface area contributed by atoms with Crippen molar-refractivity contribution in [2.24, 2.45) is 0 Å². The molecule has 1 aliphatic rings. The van der Waals surface area contributed by atoms with Gasteiger partial charge in [0.05, 0.1) is 19.3 Å². The zero-order chi connectivity index (χ0) is 13.7. The van der Waals surface area contributed by atoms with E-state index in [0.29, 0.717) is 19.8 Å². The lowest BCUT2D eigenvalue weighted by molar-refractivity contribution is -0.275. The van der Waals surface area contributed by atoms with Gasteiger partial charge in [0.1, 0.15) is 6.61 Å². The molecular weight excluding hydrogens is 263 g/mol. The summed E-state index contributed by atoms with van der Waals surface area (Å²) in [4.78, 5) is 0. The van der Waals surface area contributed by atoms with Crippen LogP contribution in [0, 0.1) is 0 Å². The van der Waals surface area contributed by atoms with E-state index >= 15 is 0 Å². The molecule has 106 valence electrons.